The number of para-hydroxylation sites is 1. The second-order valence-electron chi connectivity index (χ2n) is 8.68. The number of piperidine rings is 1. The van der Waals surface area contributed by atoms with E-state index in [2.05, 4.69) is 0 Å². The summed E-state index contributed by atoms with van der Waals surface area (Å²) in [5.74, 6) is -0.541. The lowest BCUT2D eigenvalue weighted by Crippen LogP contribution is -2.42. The van der Waals surface area contributed by atoms with Crippen molar-refractivity contribution < 1.29 is 27.5 Å². The predicted octanol–water partition coefficient (Wildman–Crippen LogP) is 3.57. The minimum atomic E-state index is -3.89. The van der Waals surface area contributed by atoms with Crippen LogP contribution >= 0.6 is 0 Å². The molecule has 1 heterocycles. The SMILES string of the molecule is CCN(C(=O)COC(=O)c1ccc(OC)c(S(=O)(=O)N2CC(C)CC(C)C2)c1)c1ccccc1. The first-order chi connectivity index (χ1) is 16.2. The smallest absolute Gasteiger partial charge is 0.338 e. The third kappa shape index (κ3) is 5.77. The molecule has 1 aliphatic heterocycles. The number of anilines is 1. The Morgan fingerprint density at radius 1 is 1.06 bits per heavy atom. The van der Waals surface area contributed by atoms with Crippen LogP contribution in [0.4, 0.5) is 5.69 Å². The number of ether oxygens (including phenoxy) is 2. The Hall–Kier alpha value is -2.91. The molecule has 2 atom stereocenters. The number of amides is 1. The van der Waals surface area contributed by atoms with Crippen LogP contribution in [0, 0.1) is 11.8 Å². The fourth-order valence-electron chi connectivity index (χ4n) is 4.35. The van der Waals surface area contributed by atoms with Gasteiger partial charge in [-0.3, -0.25) is 4.79 Å². The summed E-state index contributed by atoms with van der Waals surface area (Å²) >= 11 is 0. The van der Waals surface area contributed by atoms with E-state index >= 15 is 0 Å². The molecule has 8 nitrogen and oxygen atoms in total. The van der Waals surface area contributed by atoms with Gasteiger partial charge in [0.15, 0.2) is 6.61 Å². The largest absolute Gasteiger partial charge is 0.495 e. The summed E-state index contributed by atoms with van der Waals surface area (Å²) in [4.78, 5) is 26.8. The van der Waals surface area contributed by atoms with Crippen molar-refractivity contribution in [2.24, 2.45) is 11.8 Å². The number of rotatable bonds is 8. The van der Waals surface area contributed by atoms with E-state index in [-0.39, 0.29) is 34.0 Å². The van der Waals surface area contributed by atoms with Crippen molar-refractivity contribution in [3.05, 3.63) is 54.1 Å². The highest BCUT2D eigenvalue weighted by molar-refractivity contribution is 7.89. The zero-order valence-electron chi connectivity index (χ0n) is 20.1. The molecular formula is C25H32N2O6S. The Kier molecular flexibility index (Phi) is 8.33. The van der Waals surface area contributed by atoms with Crippen LogP contribution < -0.4 is 9.64 Å². The first-order valence-corrected chi connectivity index (χ1v) is 12.8. The molecule has 34 heavy (non-hydrogen) atoms. The van der Waals surface area contributed by atoms with Gasteiger partial charge in [-0.05, 0) is 55.5 Å². The first-order valence-electron chi connectivity index (χ1n) is 11.4. The van der Waals surface area contributed by atoms with E-state index < -0.39 is 22.6 Å². The lowest BCUT2D eigenvalue weighted by atomic mass is 9.94. The van der Waals surface area contributed by atoms with E-state index in [0.29, 0.717) is 25.3 Å². The number of hydrogen-bond donors (Lipinski definition) is 0. The minimum absolute atomic E-state index is 0.0352. The summed E-state index contributed by atoms with van der Waals surface area (Å²) in [5, 5.41) is 0. The number of sulfonamides is 1. The zero-order chi connectivity index (χ0) is 24.9. The van der Waals surface area contributed by atoms with Gasteiger partial charge in [0.1, 0.15) is 10.6 Å². The number of hydrogen-bond acceptors (Lipinski definition) is 6. The fraction of sp³-hybridized carbons (Fsp3) is 0.440. The number of benzene rings is 2. The van der Waals surface area contributed by atoms with Crippen molar-refractivity contribution in [1.29, 1.82) is 0 Å². The standard InChI is InChI=1S/C25H32N2O6S/c1-5-27(21-9-7-6-8-10-21)24(28)17-33-25(29)20-11-12-22(32-4)23(14-20)34(30,31)26-15-18(2)13-19(3)16-26/h6-12,14,18-19H,5,13,15-17H2,1-4H3. The van der Waals surface area contributed by atoms with Gasteiger partial charge in [0.25, 0.3) is 5.91 Å². The second kappa shape index (κ2) is 11.0. The molecule has 2 aromatic rings. The second-order valence-corrected chi connectivity index (χ2v) is 10.6. The topological polar surface area (TPSA) is 93.2 Å². The van der Waals surface area contributed by atoms with Crippen LogP contribution in [0.5, 0.6) is 5.75 Å². The fourth-order valence-corrected chi connectivity index (χ4v) is 6.21. The van der Waals surface area contributed by atoms with Crippen molar-refractivity contribution in [1.82, 2.24) is 4.31 Å². The number of carbonyl (C=O) groups is 2. The third-order valence-corrected chi connectivity index (χ3v) is 7.72. The molecule has 3 rings (SSSR count). The van der Waals surface area contributed by atoms with Gasteiger partial charge < -0.3 is 14.4 Å². The molecule has 0 N–H and O–H groups in total. The van der Waals surface area contributed by atoms with Crippen LogP contribution in [0.1, 0.15) is 37.6 Å². The van der Waals surface area contributed by atoms with Crippen LogP contribution in [0.2, 0.25) is 0 Å². The Labute approximate surface area is 201 Å². The quantitative estimate of drug-likeness (QED) is 0.528. The summed E-state index contributed by atoms with van der Waals surface area (Å²) in [6.45, 7) is 6.64. The number of esters is 1. The van der Waals surface area contributed by atoms with E-state index in [1.54, 1.807) is 12.1 Å². The summed E-state index contributed by atoms with van der Waals surface area (Å²) in [6, 6.07) is 13.2. The lowest BCUT2D eigenvalue weighted by Gasteiger charge is -2.34. The third-order valence-electron chi connectivity index (χ3n) is 5.86. The Morgan fingerprint density at radius 2 is 1.71 bits per heavy atom. The molecule has 184 valence electrons. The Morgan fingerprint density at radius 3 is 2.29 bits per heavy atom. The van der Waals surface area contributed by atoms with Gasteiger partial charge in [0.2, 0.25) is 10.0 Å². The van der Waals surface area contributed by atoms with Crippen LogP contribution in [0.15, 0.2) is 53.4 Å². The number of nitrogens with zero attached hydrogens (tertiary/aromatic N) is 2. The van der Waals surface area contributed by atoms with Gasteiger partial charge in [0, 0.05) is 25.3 Å². The molecule has 9 heteroatoms. The summed E-state index contributed by atoms with van der Waals surface area (Å²) in [5.41, 5.74) is 0.738. The molecule has 0 saturated carbocycles. The average molecular weight is 489 g/mol. The van der Waals surface area contributed by atoms with Gasteiger partial charge in [-0.2, -0.15) is 4.31 Å². The van der Waals surface area contributed by atoms with Crippen molar-refractivity contribution in [3.8, 4) is 5.75 Å². The molecule has 1 fully saturated rings. The highest BCUT2D eigenvalue weighted by atomic mass is 32.2. The van der Waals surface area contributed by atoms with Gasteiger partial charge in [-0.1, -0.05) is 32.0 Å². The van der Waals surface area contributed by atoms with Crippen LogP contribution in [0.3, 0.4) is 0 Å². The molecule has 2 aromatic carbocycles. The minimum Gasteiger partial charge on any atom is -0.495 e. The normalized spacial score (nSPS) is 18.8. The van der Waals surface area contributed by atoms with Gasteiger partial charge in [-0.25, -0.2) is 13.2 Å². The summed E-state index contributed by atoms with van der Waals surface area (Å²) in [7, 11) is -2.50. The maximum absolute atomic E-state index is 13.4. The van der Waals surface area contributed by atoms with E-state index in [9.17, 15) is 18.0 Å². The predicted molar refractivity (Wildman–Crippen MR) is 129 cm³/mol. The van der Waals surface area contributed by atoms with E-state index in [4.69, 9.17) is 9.47 Å². The van der Waals surface area contributed by atoms with E-state index in [1.807, 2.05) is 39.0 Å². The number of likely N-dealkylation sites (N-methyl/N-ethyl adjacent to an activating group) is 1. The van der Waals surface area contributed by atoms with Crippen molar-refractivity contribution in [3.63, 3.8) is 0 Å². The van der Waals surface area contributed by atoms with Gasteiger partial charge in [-0.15, -0.1) is 0 Å². The van der Waals surface area contributed by atoms with Gasteiger partial charge >= 0.3 is 5.97 Å². The lowest BCUT2D eigenvalue weighted by molar-refractivity contribution is -0.121. The van der Waals surface area contributed by atoms with Crippen LogP contribution in [-0.2, 0) is 19.6 Å². The number of methoxy groups -OCH3 is 1. The highest BCUT2D eigenvalue weighted by Gasteiger charge is 2.34. The zero-order valence-corrected chi connectivity index (χ0v) is 20.9. The van der Waals surface area contributed by atoms with E-state index in [1.165, 1.54) is 34.5 Å². The molecule has 2 unspecified atom stereocenters. The molecular weight excluding hydrogens is 456 g/mol. The maximum atomic E-state index is 13.4. The molecule has 0 bridgehead atoms. The molecule has 1 saturated heterocycles. The maximum Gasteiger partial charge on any atom is 0.338 e. The monoisotopic (exact) mass is 488 g/mol. The summed E-state index contributed by atoms with van der Waals surface area (Å²) in [6.07, 6.45) is 0.960. The summed E-state index contributed by atoms with van der Waals surface area (Å²) < 4.78 is 38.8. The Balaban J connectivity index is 1.78. The van der Waals surface area contributed by atoms with E-state index in [0.717, 1.165) is 6.42 Å². The molecule has 1 amide bonds. The van der Waals surface area contributed by atoms with Crippen molar-refractivity contribution in [2.45, 2.75) is 32.1 Å². The van der Waals surface area contributed by atoms with Crippen molar-refractivity contribution >= 4 is 27.6 Å². The highest BCUT2D eigenvalue weighted by Crippen LogP contribution is 2.32. The molecule has 0 radical (unpaired) electrons. The Bertz CT molecular complexity index is 1110. The molecule has 0 spiro atoms. The van der Waals surface area contributed by atoms with Crippen LogP contribution in [-0.4, -0.2) is 58.0 Å². The first kappa shape index (κ1) is 25.7. The van der Waals surface area contributed by atoms with Gasteiger partial charge in [0.05, 0.1) is 12.7 Å². The molecule has 0 aliphatic carbocycles. The van der Waals surface area contributed by atoms with Crippen LogP contribution in [0.25, 0.3) is 0 Å². The molecule has 0 aromatic heterocycles. The number of carbonyl (C=O) groups excluding carboxylic acids is 2. The average Bonchev–Trinajstić information content (AvgIpc) is 2.82. The molecule has 1 aliphatic rings. The van der Waals surface area contributed by atoms with Crippen molar-refractivity contribution in [2.75, 3.05) is 38.3 Å².